The van der Waals surface area contributed by atoms with Crippen molar-refractivity contribution in [1.82, 2.24) is 4.31 Å². The Kier molecular flexibility index (Phi) is 4.20. The number of aliphatic hydroxyl groups is 1. The van der Waals surface area contributed by atoms with Gasteiger partial charge in [0.25, 0.3) is 0 Å². The van der Waals surface area contributed by atoms with E-state index in [0.717, 1.165) is 0 Å². The fourth-order valence-electron chi connectivity index (χ4n) is 2.24. The molecule has 1 fully saturated rings. The van der Waals surface area contributed by atoms with Gasteiger partial charge in [-0.05, 0) is 29.5 Å². The molecular weight excluding hydrogens is 286 g/mol. The van der Waals surface area contributed by atoms with Gasteiger partial charge in [-0.1, -0.05) is 31.5 Å². The smallest absolute Gasteiger partial charge is 0.243 e. The van der Waals surface area contributed by atoms with E-state index >= 15 is 0 Å². The van der Waals surface area contributed by atoms with E-state index in [9.17, 15) is 8.42 Å². The summed E-state index contributed by atoms with van der Waals surface area (Å²) in [6, 6.07) is 4.47. The molecule has 0 saturated carbocycles. The second kappa shape index (κ2) is 5.40. The van der Waals surface area contributed by atoms with E-state index in [2.05, 4.69) is 13.8 Å². The minimum Gasteiger partial charge on any atom is -0.392 e. The van der Waals surface area contributed by atoms with Crippen molar-refractivity contribution in [3.63, 3.8) is 0 Å². The molecule has 1 heterocycles. The van der Waals surface area contributed by atoms with Gasteiger partial charge in [-0.25, -0.2) is 8.42 Å². The monoisotopic (exact) mass is 303 g/mol. The van der Waals surface area contributed by atoms with Gasteiger partial charge >= 0.3 is 0 Å². The maximum absolute atomic E-state index is 12.5. The highest BCUT2D eigenvalue weighted by atomic mass is 35.5. The van der Waals surface area contributed by atoms with Crippen molar-refractivity contribution in [2.24, 2.45) is 11.8 Å². The number of hydrogen-bond acceptors (Lipinski definition) is 3. The molecule has 2 atom stereocenters. The van der Waals surface area contributed by atoms with Crippen LogP contribution in [0.3, 0.4) is 0 Å². The van der Waals surface area contributed by atoms with Crippen LogP contribution < -0.4 is 0 Å². The number of aliphatic hydroxyl groups excluding tert-OH is 1. The van der Waals surface area contributed by atoms with E-state index < -0.39 is 10.0 Å². The van der Waals surface area contributed by atoms with E-state index in [1.54, 1.807) is 6.07 Å². The lowest BCUT2D eigenvalue weighted by Gasteiger charge is -2.16. The standard InChI is InChI=1S/C13H18ClNO3S/c1-9-6-15(7-10(9)2)19(17,18)12-4-3-11(8-16)13(14)5-12/h3-5,9-10,16H,6-8H2,1-2H3. The fraction of sp³-hybridized carbons (Fsp3) is 0.538. The van der Waals surface area contributed by atoms with Crippen molar-refractivity contribution < 1.29 is 13.5 Å². The number of rotatable bonds is 3. The highest BCUT2D eigenvalue weighted by Gasteiger charge is 2.35. The predicted molar refractivity (Wildman–Crippen MR) is 74.5 cm³/mol. The van der Waals surface area contributed by atoms with Crippen LogP contribution in [-0.2, 0) is 16.6 Å². The molecule has 0 amide bonds. The molecule has 19 heavy (non-hydrogen) atoms. The van der Waals surface area contributed by atoms with Crippen molar-refractivity contribution in [2.45, 2.75) is 25.3 Å². The summed E-state index contributed by atoms with van der Waals surface area (Å²) in [4.78, 5) is 0.191. The Labute approximate surface area is 119 Å². The van der Waals surface area contributed by atoms with Crippen molar-refractivity contribution in [1.29, 1.82) is 0 Å². The molecule has 1 aromatic rings. The molecule has 1 aliphatic heterocycles. The third kappa shape index (κ3) is 2.79. The second-order valence-corrected chi connectivity index (χ2v) is 7.53. The Hall–Kier alpha value is -0.620. The third-order valence-electron chi connectivity index (χ3n) is 3.79. The molecule has 0 aromatic heterocycles. The Balaban J connectivity index is 2.33. The lowest BCUT2D eigenvalue weighted by Crippen LogP contribution is -2.29. The van der Waals surface area contributed by atoms with Crippen LogP contribution in [0, 0.1) is 11.8 Å². The van der Waals surface area contributed by atoms with Crippen molar-refractivity contribution >= 4 is 21.6 Å². The average Bonchev–Trinajstić information content (AvgIpc) is 2.70. The quantitative estimate of drug-likeness (QED) is 0.930. The Morgan fingerprint density at radius 1 is 1.32 bits per heavy atom. The highest BCUT2D eigenvalue weighted by molar-refractivity contribution is 7.89. The zero-order valence-corrected chi connectivity index (χ0v) is 12.6. The number of sulfonamides is 1. The number of halogens is 1. The Morgan fingerprint density at radius 2 is 1.89 bits per heavy atom. The van der Waals surface area contributed by atoms with Crippen LogP contribution in [0.1, 0.15) is 19.4 Å². The largest absolute Gasteiger partial charge is 0.392 e. The molecule has 0 bridgehead atoms. The van der Waals surface area contributed by atoms with E-state index in [-0.39, 0.29) is 16.5 Å². The molecule has 6 heteroatoms. The van der Waals surface area contributed by atoms with Crippen molar-refractivity contribution in [3.05, 3.63) is 28.8 Å². The molecule has 0 spiro atoms. The summed E-state index contributed by atoms with van der Waals surface area (Å²) in [7, 11) is -3.48. The minimum atomic E-state index is -3.48. The van der Waals surface area contributed by atoms with Crippen LogP contribution in [0.15, 0.2) is 23.1 Å². The first-order valence-corrected chi connectivity index (χ1v) is 8.07. The van der Waals surface area contributed by atoms with Crippen LogP contribution in [-0.4, -0.2) is 30.9 Å². The zero-order valence-electron chi connectivity index (χ0n) is 11.0. The fourth-order valence-corrected chi connectivity index (χ4v) is 4.21. The van der Waals surface area contributed by atoms with Crippen LogP contribution >= 0.6 is 11.6 Å². The molecule has 1 aliphatic rings. The summed E-state index contributed by atoms with van der Waals surface area (Å²) in [6.45, 7) is 5.01. The predicted octanol–water partition coefficient (Wildman–Crippen LogP) is 2.11. The molecule has 2 unspecified atom stereocenters. The second-order valence-electron chi connectivity index (χ2n) is 5.19. The summed E-state index contributed by atoms with van der Waals surface area (Å²) >= 11 is 5.96. The summed E-state index contributed by atoms with van der Waals surface area (Å²) in [5.74, 6) is 0.726. The van der Waals surface area contributed by atoms with Gasteiger partial charge in [0.05, 0.1) is 11.5 Å². The molecule has 2 rings (SSSR count). The topological polar surface area (TPSA) is 57.6 Å². The van der Waals surface area contributed by atoms with Gasteiger partial charge in [0.2, 0.25) is 10.0 Å². The molecular formula is C13H18ClNO3S. The highest BCUT2D eigenvalue weighted by Crippen LogP contribution is 2.29. The zero-order chi connectivity index (χ0) is 14.2. The van der Waals surface area contributed by atoms with Crippen LogP contribution in [0.25, 0.3) is 0 Å². The van der Waals surface area contributed by atoms with Crippen molar-refractivity contribution in [3.8, 4) is 0 Å². The third-order valence-corrected chi connectivity index (χ3v) is 5.97. The SMILES string of the molecule is CC1CN(S(=O)(=O)c2ccc(CO)c(Cl)c2)CC1C. The van der Waals surface area contributed by atoms with E-state index in [0.29, 0.717) is 30.5 Å². The first kappa shape index (κ1) is 14.8. The summed E-state index contributed by atoms with van der Waals surface area (Å²) in [5.41, 5.74) is 0.531. The number of benzene rings is 1. The van der Waals surface area contributed by atoms with Crippen LogP contribution in [0.5, 0.6) is 0 Å². The number of nitrogens with zero attached hydrogens (tertiary/aromatic N) is 1. The lowest BCUT2D eigenvalue weighted by molar-refractivity contribution is 0.282. The molecule has 1 aromatic carbocycles. The average molecular weight is 304 g/mol. The number of hydrogen-bond donors (Lipinski definition) is 1. The molecule has 0 aliphatic carbocycles. The van der Waals surface area contributed by atoms with Gasteiger partial charge in [0, 0.05) is 18.1 Å². The first-order valence-electron chi connectivity index (χ1n) is 6.25. The summed E-state index contributed by atoms with van der Waals surface area (Å²) in [6.07, 6.45) is 0. The summed E-state index contributed by atoms with van der Waals surface area (Å²) < 4.78 is 26.5. The van der Waals surface area contributed by atoms with Crippen molar-refractivity contribution in [2.75, 3.05) is 13.1 Å². The van der Waals surface area contributed by atoms with Gasteiger partial charge in [0.1, 0.15) is 0 Å². The molecule has 1 saturated heterocycles. The summed E-state index contributed by atoms with van der Waals surface area (Å²) in [5, 5.41) is 9.33. The van der Waals surface area contributed by atoms with E-state index in [1.165, 1.54) is 16.4 Å². The van der Waals surface area contributed by atoms with E-state index in [4.69, 9.17) is 16.7 Å². The van der Waals surface area contributed by atoms with Gasteiger partial charge in [0.15, 0.2) is 0 Å². The van der Waals surface area contributed by atoms with Gasteiger partial charge in [-0.15, -0.1) is 0 Å². The van der Waals surface area contributed by atoms with Gasteiger partial charge in [-0.2, -0.15) is 4.31 Å². The Bertz CT molecular complexity index is 563. The Morgan fingerprint density at radius 3 is 2.37 bits per heavy atom. The molecule has 0 radical (unpaired) electrons. The maximum atomic E-state index is 12.5. The normalized spacial score (nSPS) is 24.8. The lowest BCUT2D eigenvalue weighted by atomic mass is 10.0. The maximum Gasteiger partial charge on any atom is 0.243 e. The van der Waals surface area contributed by atoms with E-state index in [1.807, 2.05) is 0 Å². The molecule has 1 N–H and O–H groups in total. The molecule has 106 valence electrons. The minimum absolute atomic E-state index is 0.191. The first-order chi connectivity index (χ1) is 8.86. The molecule has 4 nitrogen and oxygen atoms in total. The van der Waals surface area contributed by atoms with Gasteiger partial charge in [-0.3, -0.25) is 0 Å². The van der Waals surface area contributed by atoms with Gasteiger partial charge < -0.3 is 5.11 Å². The van der Waals surface area contributed by atoms with Crippen LogP contribution in [0.4, 0.5) is 0 Å². The van der Waals surface area contributed by atoms with Crippen LogP contribution in [0.2, 0.25) is 5.02 Å².